The number of aliphatic hydroxyl groups excluding tert-OH is 1. The number of unbranched alkanes of at least 4 members (excludes halogenated alkanes) is 26. The number of nitrogens with one attached hydrogen (secondary N) is 1. The van der Waals surface area contributed by atoms with Crippen LogP contribution in [0.4, 0.5) is 0 Å². The van der Waals surface area contributed by atoms with E-state index < -0.39 is 20.0 Å². The standard InChI is InChI=1S/C63H113N2O6P/c1-6-8-10-12-14-16-18-19-20-21-22-23-24-25-26-27-28-29-30-31-32-33-34-35-36-37-38-39-40-41-42-43-44-45-47-49-51-53-55-57-63(67)64-61(60-71-72(68,69)70-59-58-65(3,4)5)62(66)56-54-52-50-48-46-17-15-13-11-9-7-2/h8,10,14,16,19-20,22-23,25-26,28-29,31-32,54,56,61-62,66H,6-7,9,11-13,15,17-18,21,24,27,30,33-53,55,57-60H2,1-5H3,(H-,64,67,68,69)/p+1/b10-8-,16-14-,20-19-,23-22-,26-25-,29-28-,32-31-,56-54+. The predicted octanol–water partition coefficient (Wildman–Crippen LogP) is 18.2. The minimum atomic E-state index is -4.34. The lowest BCUT2D eigenvalue weighted by atomic mass is 10.0. The molecule has 72 heavy (non-hydrogen) atoms. The molecule has 0 aromatic rings. The van der Waals surface area contributed by atoms with E-state index in [1.807, 2.05) is 27.2 Å². The van der Waals surface area contributed by atoms with Crippen LogP contribution in [0.1, 0.15) is 245 Å². The van der Waals surface area contributed by atoms with Crippen molar-refractivity contribution in [3.63, 3.8) is 0 Å². The molecule has 0 fully saturated rings. The van der Waals surface area contributed by atoms with Gasteiger partial charge in [-0.15, -0.1) is 0 Å². The molecular formula is C63H114N2O6P+. The number of carbonyl (C=O) groups is 1. The molecule has 0 aromatic heterocycles. The van der Waals surface area contributed by atoms with Crippen molar-refractivity contribution in [1.82, 2.24) is 5.32 Å². The molecule has 3 unspecified atom stereocenters. The molecule has 0 bridgehead atoms. The number of carbonyl (C=O) groups excluding carboxylic acids is 1. The number of amides is 1. The van der Waals surface area contributed by atoms with Crippen LogP contribution in [-0.4, -0.2) is 73.4 Å². The van der Waals surface area contributed by atoms with Crippen molar-refractivity contribution in [2.75, 3.05) is 40.9 Å². The van der Waals surface area contributed by atoms with Crippen LogP contribution >= 0.6 is 7.82 Å². The molecule has 0 aliphatic carbocycles. The first-order valence-electron chi connectivity index (χ1n) is 29.6. The molecule has 3 atom stereocenters. The minimum Gasteiger partial charge on any atom is -0.387 e. The fraction of sp³-hybridized carbons (Fsp3) is 0.730. The maximum atomic E-state index is 12.9. The van der Waals surface area contributed by atoms with E-state index in [2.05, 4.69) is 104 Å². The van der Waals surface area contributed by atoms with E-state index in [0.717, 1.165) is 83.5 Å². The predicted molar refractivity (Wildman–Crippen MR) is 313 cm³/mol. The van der Waals surface area contributed by atoms with E-state index in [0.29, 0.717) is 17.4 Å². The van der Waals surface area contributed by atoms with E-state index in [4.69, 9.17) is 9.05 Å². The number of likely N-dealkylation sites (N-methyl/N-ethyl adjacent to an activating group) is 1. The summed E-state index contributed by atoms with van der Waals surface area (Å²) in [6.07, 6.45) is 76.7. The molecule has 416 valence electrons. The summed E-state index contributed by atoms with van der Waals surface area (Å²) in [4.78, 5) is 23.2. The van der Waals surface area contributed by atoms with Crippen LogP contribution in [0.15, 0.2) is 97.2 Å². The lowest BCUT2D eigenvalue weighted by molar-refractivity contribution is -0.870. The number of aliphatic hydroxyl groups is 1. The van der Waals surface area contributed by atoms with Crippen molar-refractivity contribution in [1.29, 1.82) is 0 Å². The molecule has 3 N–H and O–H groups in total. The van der Waals surface area contributed by atoms with Gasteiger partial charge in [0.2, 0.25) is 5.91 Å². The van der Waals surface area contributed by atoms with Crippen molar-refractivity contribution in [3.8, 4) is 0 Å². The smallest absolute Gasteiger partial charge is 0.387 e. The van der Waals surface area contributed by atoms with Gasteiger partial charge in [0.05, 0.1) is 39.9 Å². The highest BCUT2D eigenvalue weighted by molar-refractivity contribution is 7.47. The summed E-state index contributed by atoms with van der Waals surface area (Å²) in [5, 5.41) is 13.9. The molecule has 0 aliphatic heterocycles. The summed E-state index contributed by atoms with van der Waals surface area (Å²) in [6.45, 7) is 4.68. The Morgan fingerprint density at radius 2 is 0.833 bits per heavy atom. The molecule has 0 rings (SSSR count). The third-order valence-corrected chi connectivity index (χ3v) is 13.8. The number of allylic oxidation sites excluding steroid dienone is 15. The Balaban J connectivity index is 3.95. The third kappa shape index (κ3) is 55.2. The van der Waals surface area contributed by atoms with Crippen molar-refractivity contribution in [2.45, 2.75) is 257 Å². The number of hydrogen-bond acceptors (Lipinski definition) is 5. The quantitative estimate of drug-likeness (QED) is 0.0243. The van der Waals surface area contributed by atoms with Crippen LogP contribution in [0.5, 0.6) is 0 Å². The van der Waals surface area contributed by atoms with Gasteiger partial charge in [-0.1, -0.05) is 259 Å². The molecule has 0 saturated heterocycles. The molecule has 0 radical (unpaired) electrons. The number of phosphoric acid groups is 1. The molecule has 9 heteroatoms. The summed E-state index contributed by atoms with van der Waals surface area (Å²) in [6, 6.07) is -0.848. The number of phosphoric ester groups is 1. The second-order valence-corrected chi connectivity index (χ2v) is 22.4. The van der Waals surface area contributed by atoms with Gasteiger partial charge in [0.25, 0.3) is 0 Å². The molecule has 0 saturated carbocycles. The van der Waals surface area contributed by atoms with Crippen molar-refractivity contribution in [3.05, 3.63) is 97.2 Å². The van der Waals surface area contributed by atoms with E-state index in [1.165, 1.54) is 141 Å². The molecule has 0 heterocycles. The van der Waals surface area contributed by atoms with E-state index >= 15 is 0 Å². The Morgan fingerprint density at radius 3 is 1.22 bits per heavy atom. The second-order valence-electron chi connectivity index (χ2n) is 21.0. The molecule has 1 amide bonds. The summed E-state index contributed by atoms with van der Waals surface area (Å²) in [5.41, 5.74) is 0. The van der Waals surface area contributed by atoms with Crippen LogP contribution in [0.25, 0.3) is 0 Å². The molecule has 8 nitrogen and oxygen atoms in total. The summed E-state index contributed by atoms with van der Waals surface area (Å²) in [5.74, 6) is -0.180. The van der Waals surface area contributed by atoms with Crippen molar-refractivity contribution in [2.24, 2.45) is 0 Å². The summed E-state index contributed by atoms with van der Waals surface area (Å²) >= 11 is 0. The topological polar surface area (TPSA) is 105 Å². The largest absolute Gasteiger partial charge is 0.472 e. The average molecular weight is 1030 g/mol. The van der Waals surface area contributed by atoms with Gasteiger partial charge in [0.1, 0.15) is 13.2 Å². The fourth-order valence-electron chi connectivity index (χ4n) is 8.20. The third-order valence-electron chi connectivity index (χ3n) is 12.8. The van der Waals surface area contributed by atoms with Crippen molar-refractivity contribution >= 4 is 13.7 Å². The first-order chi connectivity index (χ1) is 35.0. The van der Waals surface area contributed by atoms with Gasteiger partial charge in [0, 0.05) is 6.42 Å². The van der Waals surface area contributed by atoms with Gasteiger partial charge in [-0.3, -0.25) is 13.8 Å². The highest BCUT2D eigenvalue weighted by Gasteiger charge is 2.27. The zero-order valence-electron chi connectivity index (χ0n) is 47.4. The monoisotopic (exact) mass is 1030 g/mol. The first kappa shape index (κ1) is 69.4. The Bertz CT molecular complexity index is 1490. The Hall–Kier alpha value is -2.58. The van der Waals surface area contributed by atoms with Crippen LogP contribution in [0.2, 0.25) is 0 Å². The van der Waals surface area contributed by atoms with Crippen LogP contribution in [-0.2, 0) is 18.4 Å². The normalized spacial score (nSPS) is 14.6. The zero-order chi connectivity index (χ0) is 52.7. The van der Waals surface area contributed by atoms with Gasteiger partial charge < -0.3 is 19.8 Å². The van der Waals surface area contributed by atoms with Gasteiger partial charge in [0.15, 0.2) is 0 Å². The SMILES string of the molecule is CC/C=C\C/C=C\C/C=C\C/C=C\C/C=C\C/C=C\C/C=C\CCCCCCCCCCCCCCCCCCCC(=O)NC(COP(=O)(O)OCC[N+](C)(C)C)C(O)/C=C/CCCCCCCCCCC. The lowest BCUT2D eigenvalue weighted by Gasteiger charge is -2.25. The second kappa shape index (κ2) is 53.3. The maximum absolute atomic E-state index is 12.9. The average Bonchev–Trinajstić information content (AvgIpc) is 3.34. The summed E-state index contributed by atoms with van der Waals surface area (Å²) < 4.78 is 23.6. The Morgan fingerprint density at radius 1 is 0.486 bits per heavy atom. The first-order valence-corrected chi connectivity index (χ1v) is 31.1. The Kier molecular flexibility index (Phi) is 51.3. The highest BCUT2D eigenvalue weighted by Crippen LogP contribution is 2.43. The van der Waals surface area contributed by atoms with Crippen LogP contribution in [0, 0.1) is 0 Å². The van der Waals surface area contributed by atoms with Crippen molar-refractivity contribution < 1.29 is 32.9 Å². The number of hydrogen-bond donors (Lipinski definition) is 3. The molecule has 0 aliphatic rings. The molecule has 0 spiro atoms. The lowest BCUT2D eigenvalue weighted by Crippen LogP contribution is -2.45. The van der Waals surface area contributed by atoms with E-state index in [1.54, 1.807) is 6.08 Å². The minimum absolute atomic E-state index is 0.0594. The molecular weight excluding hydrogens is 912 g/mol. The highest BCUT2D eigenvalue weighted by atomic mass is 31.2. The van der Waals surface area contributed by atoms with Gasteiger partial charge >= 0.3 is 7.82 Å². The fourth-order valence-corrected chi connectivity index (χ4v) is 8.93. The van der Waals surface area contributed by atoms with Crippen LogP contribution in [0.3, 0.4) is 0 Å². The Labute approximate surface area is 445 Å². The summed E-state index contributed by atoms with van der Waals surface area (Å²) in [7, 11) is 1.57. The zero-order valence-corrected chi connectivity index (χ0v) is 48.3. The van der Waals surface area contributed by atoms with Gasteiger partial charge in [-0.25, -0.2) is 4.57 Å². The van der Waals surface area contributed by atoms with E-state index in [-0.39, 0.29) is 19.1 Å². The van der Waals surface area contributed by atoms with Gasteiger partial charge in [-0.2, -0.15) is 0 Å². The number of quaternary nitrogens is 1. The van der Waals surface area contributed by atoms with E-state index in [9.17, 15) is 19.4 Å². The number of rotatable bonds is 53. The van der Waals surface area contributed by atoms with Crippen LogP contribution < -0.4 is 5.32 Å². The van der Waals surface area contributed by atoms with Gasteiger partial charge in [-0.05, 0) is 77.0 Å². The molecule has 0 aromatic carbocycles. The maximum Gasteiger partial charge on any atom is 0.472 e. The number of nitrogens with zero attached hydrogens (tertiary/aromatic N) is 1.